The molecule has 2 N–H and O–H groups in total. The molecule has 20 heavy (non-hydrogen) atoms. The normalized spacial score (nSPS) is 9.90. The molecule has 3 nitrogen and oxygen atoms in total. The Morgan fingerprint density at radius 3 is 2.30 bits per heavy atom. The molecular formula is C14H10Cl2N2OS. The first kappa shape index (κ1) is 14.8. The number of anilines is 1. The van der Waals surface area contributed by atoms with Crippen LogP contribution in [0.1, 0.15) is 10.4 Å². The molecule has 0 heterocycles. The first-order valence-electron chi connectivity index (χ1n) is 5.68. The van der Waals surface area contributed by atoms with Crippen molar-refractivity contribution >= 4 is 52.1 Å². The average Bonchev–Trinajstić information content (AvgIpc) is 2.42. The van der Waals surface area contributed by atoms with E-state index >= 15 is 0 Å². The molecule has 0 atom stereocenters. The summed E-state index contributed by atoms with van der Waals surface area (Å²) in [7, 11) is 0. The zero-order valence-electron chi connectivity index (χ0n) is 10.2. The van der Waals surface area contributed by atoms with Crippen LogP contribution in [-0.2, 0) is 0 Å². The van der Waals surface area contributed by atoms with Crippen LogP contribution in [0.5, 0.6) is 0 Å². The highest BCUT2D eigenvalue weighted by Gasteiger charge is 2.08. The lowest BCUT2D eigenvalue weighted by Gasteiger charge is -2.10. The number of rotatable bonds is 2. The SMILES string of the molecule is O=C(NC(=S)Nc1ccccc1Cl)c1ccc(Cl)cc1. The van der Waals surface area contributed by atoms with Crippen LogP contribution in [-0.4, -0.2) is 11.0 Å². The first-order valence-corrected chi connectivity index (χ1v) is 6.85. The molecular weight excluding hydrogens is 315 g/mol. The number of halogens is 2. The predicted octanol–water partition coefficient (Wildman–Crippen LogP) is 4.12. The summed E-state index contributed by atoms with van der Waals surface area (Å²) in [6.07, 6.45) is 0. The number of nitrogens with one attached hydrogen (secondary N) is 2. The molecule has 6 heteroatoms. The number of hydrogen-bond acceptors (Lipinski definition) is 2. The highest BCUT2D eigenvalue weighted by molar-refractivity contribution is 7.80. The summed E-state index contributed by atoms with van der Waals surface area (Å²) in [4.78, 5) is 11.9. The van der Waals surface area contributed by atoms with E-state index in [1.165, 1.54) is 0 Å². The predicted molar refractivity (Wildman–Crippen MR) is 86.6 cm³/mol. The molecule has 0 radical (unpaired) electrons. The van der Waals surface area contributed by atoms with Crippen LogP contribution in [0.2, 0.25) is 10.0 Å². The number of para-hydroxylation sites is 1. The Kier molecular flexibility index (Phi) is 4.95. The third-order valence-corrected chi connectivity index (χ3v) is 3.24. The van der Waals surface area contributed by atoms with Crippen LogP contribution in [0, 0.1) is 0 Å². The van der Waals surface area contributed by atoms with Gasteiger partial charge in [0.05, 0.1) is 10.7 Å². The van der Waals surface area contributed by atoms with E-state index in [-0.39, 0.29) is 11.0 Å². The van der Waals surface area contributed by atoms with Crippen molar-refractivity contribution in [2.45, 2.75) is 0 Å². The Morgan fingerprint density at radius 2 is 1.65 bits per heavy atom. The topological polar surface area (TPSA) is 41.1 Å². The zero-order chi connectivity index (χ0) is 14.5. The van der Waals surface area contributed by atoms with Gasteiger partial charge in [-0.1, -0.05) is 35.3 Å². The van der Waals surface area contributed by atoms with Gasteiger partial charge in [0.15, 0.2) is 5.11 Å². The van der Waals surface area contributed by atoms with E-state index < -0.39 is 0 Å². The largest absolute Gasteiger partial charge is 0.331 e. The second kappa shape index (κ2) is 6.70. The van der Waals surface area contributed by atoms with Crippen molar-refractivity contribution in [3.8, 4) is 0 Å². The summed E-state index contributed by atoms with van der Waals surface area (Å²) < 4.78 is 0. The van der Waals surface area contributed by atoms with Crippen molar-refractivity contribution in [3.05, 3.63) is 64.1 Å². The van der Waals surface area contributed by atoms with E-state index in [4.69, 9.17) is 35.4 Å². The molecule has 0 bridgehead atoms. The Morgan fingerprint density at radius 1 is 1.00 bits per heavy atom. The van der Waals surface area contributed by atoms with Crippen molar-refractivity contribution in [2.24, 2.45) is 0 Å². The Balaban J connectivity index is 2.00. The van der Waals surface area contributed by atoms with Gasteiger partial charge >= 0.3 is 0 Å². The van der Waals surface area contributed by atoms with Gasteiger partial charge in [-0.15, -0.1) is 0 Å². The first-order chi connectivity index (χ1) is 9.56. The molecule has 2 rings (SSSR count). The molecule has 0 spiro atoms. The minimum absolute atomic E-state index is 0.179. The summed E-state index contributed by atoms with van der Waals surface area (Å²) >= 11 is 16.8. The zero-order valence-corrected chi connectivity index (χ0v) is 12.5. The summed E-state index contributed by atoms with van der Waals surface area (Å²) in [5, 5.41) is 6.71. The second-order valence-electron chi connectivity index (χ2n) is 3.89. The third-order valence-electron chi connectivity index (χ3n) is 2.46. The van der Waals surface area contributed by atoms with Crippen LogP contribution in [0.25, 0.3) is 0 Å². The minimum Gasteiger partial charge on any atom is -0.331 e. The second-order valence-corrected chi connectivity index (χ2v) is 5.15. The number of amides is 1. The van der Waals surface area contributed by atoms with E-state index in [2.05, 4.69) is 10.6 Å². The highest BCUT2D eigenvalue weighted by atomic mass is 35.5. The van der Waals surface area contributed by atoms with E-state index in [1.54, 1.807) is 36.4 Å². The van der Waals surface area contributed by atoms with Gasteiger partial charge < -0.3 is 5.32 Å². The van der Waals surface area contributed by atoms with Crippen LogP contribution >= 0.6 is 35.4 Å². The Bertz CT molecular complexity index is 644. The van der Waals surface area contributed by atoms with Gasteiger partial charge in [0.1, 0.15) is 0 Å². The molecule has 0 aliphatic rings. The van der Waals surface area contributed by atoms with Crippen molar-refractivity contribution in [2.75, 3.05) is 5.32 Å². The number of thiocarbonyl (C=S) groups is 1. The number of hydrogen-bond donors (Lipinski definition) is 2. The fourth-order valence-corrected chi connectivity index (χ4v) is 2.00. The fraction of sp³-hybridized carbons (Fsp3) is 0. The van der Waals surface area contributed by atoms with Gasteiger partial charge in [0.2, 0.25) is 0 Å². The van der Waals surface area contributed by atoms with Crippen LogP contribution < -0.4 is 10.6 Å². The molecule has 2 aromatic rings. The van der Waals surface area contributed by atoms with E-state index in [9.17, 15) is 4.79 Å². The fourth-order valence-electron chi connectivity index (χ4n) is 1.49. The van der Waals surface area contributed by atoms with Gasteiger partial charge in [-0.2, -0.15) is 0 Å². The van der Waals surface area contributed by atoms with E-state index in [0.29, 0.717) is 21.3 Å². The lowest BCUT2D eigenvalue weighted by atomic mass is 10.2. The van der Waals surface area contributed by atoms with Crippen molar-refractivity contribution in [1.82, 2.24) is 5.32 Å². The quantitative estimate of drug-likeness (QED) is 0.816. The molecule has 1 amide bonds. The highest BCUT2D eigenvalue weighted by Crippen LogP contribution is 2.20. The van der Waals surface area contributed by atoms with Crippen LogP contribution in [0.3, 0.4) is 0 Å². The monoisotopic (exact) mass is 324 g/mol. The molecule has 2 aromatic carbocycles. The molecule has 102 valence electrons. The van der Waals surface area contributed by atoms with Crippen molar-refractivity contribution in [3.63, 3.8) is 0 Å². The summed E-state index contributed by atoms with van der Waals surface area (Å²) in [5.41, 5.74) is 1.10. The third kappa shape index (κ3) is 3.93. The van der Waals surface area contributed by atoms with E-state index in [0.717, 1.165) is 0 Å². The van der Waals surface area contributed by atoms with Gasteiger partial charge in [-0.25, -0.2) is 0 Å². The van der Waals surface area contributed by atoms with Gasteiger partial charge in [-0.05, 0) is 48.6 Å². The van der Waals surface area contributed by atoms with Gasteiger partial charge in [0, 0.05) is 10.6 Å². The summed E-state index contributed by atoms with van der Waals surface area (Å²) in [6.45, 7) is 0. The molecule has 0 unspecified atom stereocenters. The van der Waals surface area contributed by atoms with E-state index in [1.807, 2.05) is 12.1 Å². The van der Waals surface area contributed by atoms with Crippen molar-refractivity contribution in [1.29, 1.82) is 0 Å². The molecule has 0 saturated carbocycles. The smallest absolute Gasteiger partial charge is 0.257 e. The Labute approximate surface area is 131 Å². The summed E-state index contributed by atoms with van der Waals surface area (Å²) in [5.74, 6) is -0.314. The maximum Gasteiger partial charge on any atom is 0.257 e. The molecule has 0 aromatic heterocycles. The summed E-state index contributed by atoms with van der Waals surface area (Å²) in [6, 6.07) is 13.6. The maximum atomic E-state index is 11.9. The van der Waals surface area contributed by atoms with Gasteiger partial charge in [-0.3, -0.25) is 10.1 Å². The lowest BCUT2D eigenvalue weighted by Crippen LogP contribution is -2.34. The number of carbonyl (C=O) groups is 1. The van der Waals surface area contributed by atoms with Gasteiger partial charge in [0.25, 0.3) is 5.91 Å². The Hall–Kier alpha value is -1.62. The average molecular weight is 325 g/mol. The van der Waals surface area contributed by atoms with Crippen LogP contribution in [0.15, 0.2) is 48.5 Å². The number of benzene rings is 2. The maximum absolute atomic E-state index is 11.9. The van der Waals surface area contributed by atoms with Crippen molar-refractivity contribution < 1.29 is 4.79 Å². The number of carbonyl (C=O) groups excluding carboxylic acids is 1. The standard InChI is InChI=1S/C14H10Cl2N2OS/c15-10-7-5-9(6-8-10)13(19)18-14(20)17-12-4-2-1-3-11(12)16/h1-8H,(H2,17,18,19,20). The lowest BCUT2D eigenvalue weighted by molar-refractivity contribution is 0.0978. The molecule has 0 saturated heterocycles. The molecule has 0 fully saturated rings. The minimum atomic E-state index is -0.314. The van der Waals surface area contributed by atoms with Crippen LogP contribution in [0.4, 0.5) is 5.69 Å². The molecule has 0 aliphatic heterocycles. The molecule has 0 aliphatic carbocycles.